The standard InChI is InChI=1S/C16H15N5O4S/c22-13(10-8-17-15(24)20-14(10)23)18-9-1-2-11-12(7-9)26-16(19-11)21-3-5-25-6-4-21/h1-2,7-8H,3-6H2,(H,18,22)(H2,17,20,23,24). The Labute approximate surface area is 150 Å². The number of amides is 1. The van der Waals surface area contributed by atoms with Gasteiger partial charge in [-0.25, -0.2) is 9.78 Å². The van der Waals surface area contributed by atoms with Gasteiger partial charge in [0.25, 0.3) is 11.5 Å². The van der Waals surface area contributed by atoms with Gasteiger partial charge in [-0.1, -0.05) is 11.3 Å². The molecule has 3 N–H and O–H groups in total. The van der Waals surface area contributed by atoms with Crippen LogP contribution in [0.25, 0.3) is 10.2 Å². The number of rotatable bonds is 3. The zero-order valence-electron chi connectivity index (χ0n) is 13.6. The number of hydrogen-bond acceptors (Lipinski definition) is 7. The lowest BCUT2D eigenvalue weighted by molar-refractivity contribution is 0.102. The number of nitrogens with zero attached hydrogens (tertiary/aromatic N) is 2. The van der Waals surface area contributed by atoms with E-state index in [1.54, 1.807) is 6.07 Å². The van der Waals surface area contributed by atoms with E-state index in [4.69, 9.17) is 4.74 Å². The number of thiazole rings is 1. The van der Waals surface area contributed by atoms with Crippen molar-refractivity contribution in [2.24, 2.45) is 0 Å². The van der Waals surface area contributed by atoms with Crippen LogP contribution in [0.4, 0.5) is 10.8 Å². The second-order valence-corrected chi connectivity index (χ2v) is 6.73. The molecule has 1 aliphatic rings. The molecule has 1 aliphatic heterocycles. The Bertz CT molecular complexity index is 1080. The van der Waals surface area contributed by atoms with Gasteiger partial charge < -0.3 is 19.9 Å². The Hall–Kier alpha value is -2.98. The number of hydrogen-bond donors (Lipinski definition) is 3. The molecule has 1 amide bonds. The predicted octanol–water partition coefficient (Wildman–Crippen LogP) is 0.762. The fourth-order valence-electron chi connectivity index (χ4n) is 2.66. The smallest absolute Gasteiger partial charge is 0.325 e. The molecule has 0 atom stereocenters. The molecule has 1 aromatic carbocycles. The van der Waals surface area contributed by atoms with E-state index >= 15 is 0 Å². The van der Waals surface area contributed by atoms with Crippen molar-refractivity contribution in [3.8, 4) is 0 Å². The van der Waals surface area contributed by atoms with E-state index in [2.05, 4.69) is 20.2 Å². The number of nitrogens with one attached hydrogen (secondary N) is 3. The lowest BCUT2D eigenvalue weighted by Crippen LogP contribution is -2.36. The number of carbonyl (C=O) groups excluding carboxylic acids is 1. The molecule has 0 radical (unpaired) electrons. The van der Waals surface area contributed by atoms with Gasteiger partial charge in [0.1, 0.15) is 5.56 Å². The summed E-state index contributed by atoms with van der Waals surface area (Å²) < 4.78 is 6.28. The molecule has 0 bridgehead atoms. The molecular weight excluding hydrogens is 358 g/mol. The summed E-state index contributed by atoms with van der Waals surface area (Å²) >= 11 is 1.54. The van der Waals surface area contributed by atoms with Crippen molar-refractivity contribution in [1.29, 1.82) is 0 Å². The van der Waals surface area contributed by atoms with Gasteiger partial charge in [-0.2, -0.15) is 0 Å². The molecule has 1 fully saturated rings. The van der Waals surface area contributed by atoms with Crippen molar-refractivity contribution < 1.29 is 9.53 Å². The van der Waals surface area contributed by atoms with Crippen LogP contribution in [0.15, 0.2) is 34.0 Å². The molecule has 0 aliphatic carbocycles. The van der Waals surface area contributed by atoms with Crippen LogP contribution in [-0.2, 0) is 4.74 Å². The molecular formula is C16H15N5O4S. The number of benzene rings is 1. The van der Waals surface area contributed by atoms with Crippen LogP contribution in [0.3, 0.4) is 0 Å². The third-order valence-corrected chi connectivity index (χ3v) is 5.06. The molecule has 0 saturated carbocycles. The highest BCUT2D eigenvalue weighted by Gasteiger charge is 2.16. The summed E-state index contributed by atoms with van der Waals surface area (Å²) in [5.41, 5.74) is -0.169. The first-order valence-electron chi connectivity index (χ1n) is 7.97. The average Bonchev–Trinajstić information content (AvgIpc) is 3.05. The Kier molecular flexibility index (Phi) is 4.27. The van der Waals surface area contributed by atoms with E-state index in [0.717, 1.165) is 34.6 Å². The topological polar surface area (TPSA) is 120 Å². The predicted molar refractivity (Wildman–Crippen MR) is 98.3 cm³/mol. The minimum atomic E-state index is -0.736. The van der Waals surface area contributed by atoms with E-state index in [-0.39, 0.29) is 5.56 Å². The largest absolute Gasteiger partial charge is 0.378 e. The number of morpholine rings is 1. The Morgan fingerprint density at radius 2 is 2.08 bits per heavy atom. The Morgan fingerprint density at radius 3 is 2.85 bits per heavy atom. The lowest BCUT2D eigenvalue weighted by Gasteiger charge is -2.25. The van der Waals surface area contributed by atoms with Crippen molar-refractivity contribution in [2.75, 3.05) is 36.5 Å². The third-order valence-electron chi connectivity index (χ3n) is 3.98. The molecule has 3 aromatic rings. The number of fused-ring (bicyclic) bond motifs is 1. The van der Waals surface area contributed by atoms with Gasteiger partial charge in [0.15, 0.2) is 5.13 Å². The fourth-order valence-corrected chi connectivity index (χ4v) is 3.71. The van der Waals surface area contributed by atoms with Crippen molar-refractivity contribution >= 4 is 38.3 Å². The highest BCUT2D eigenvalue weighted by molar-refractivity contribution is 7.22. The molecule has 0 spiro atoms. The zero-order chi connectivity index (χ0) is 18.1. The van der Waals surface area contributed by atoms with Crippen LogP contribution in [0.2, 0.25) is 0 Å². The van der Waals surface area contributed by atoms with Crippen LogP contribution >= 0.6 is 11.3 Å². The van der Waals surface area contributed by atoms with Crippen molar-refractivity contribution in [3.63, 3.8) is 0 Å². The zero-order valence-corrected chi connectivity index (χ0v) is 14.4. The van der Waals surface area contributed by atoms with E-state index in [0.29, 0.717) is 18.9 Å². The van der Waals surface area contributed by atoms with E-state index in [1.165, 1.54) is 11.3 Å². The Balaban J connectivity index is 1.57. The first-order chi connectivity index (χ1) is 12.6. The van der Waals surface area contributed by atoms with E-state index in [9.17, 15) is 14.4 Å². The van der Waals surface area contributed by atoms with Crippen LogP contribution in [0.5, 0.6) is 0 Å². The molecule has 0 unspecified atom stereocenters. The molecule has 10 heteroatoms. The first-order valence-corrected chi connectivity index (χ1v) is 8.78. The van der Waals surface area contributed by atoms with Crippen LogP contribution in [0, 0.1) is 0 Å². The average molecular weight is 373 g/mol. The summed E-state index contributed by atoms with van der Waals surface area (Å²) in [7, 11) is 0. The fraction of sp³-hybridized carbons (Fsp3) is 0.250. The summed E-state index contributed by atoms with van der Waals surface area (Å²) in [5, 5.41) is 3.58. The van der Waals surface area contributed by atoms with Crippen molar-refractivity contribution in [1.82, 2.24) is 15.0 Å². The van der Waals surface area contributed by atoms with Gasteiger partial charge in [0.05, 0.1) is 23.4 Å². The van der Waals surface area contributed by atoms with Crippen LogP contribution in [0.1, 0.15) is 10.4 Å². The third kappa shape index (κ3) is 3.24. The number of aromatic nitrogens is 3. The van der Waals surface area contributed by atoms with Crippen molar-refractivity contribution in [3.05, 3.63) is 50.8 Å². The van der Waals surface area contributed by atoms with Gasteiger partial charge in [-0.3, -0.25) is 14.6 Å². The number of H-pyrrole nitrogens is 2. The molecule has 134 valence electrons. The maximum atomic E-state index is 12.2. The second kappa shape index (κ2) is 6.73. The quantitative estimate of drug-likeness (QED) is 0.623. The van der Waals surface area contributed by atoms with Crippen molar-refractivity contribution in [2.45, 2.75) is 0 Å². The molecule has 26 heavy (non-hydrogen) atoms. The normalized spacial score (nSPS) is 14.5. The summed E-state index contributed by atoms with van der Waals surface area (Å²) in [5.74, 6) is -0.597. The molecule has 2 aromatic heterocycles. The number of ether oxygens (including phenoxy) is 1. The van der Waals surface area contributed by atoms with E-state index < -0.39 is 17.2 Å². The summed E-state index contributed by atoms with van der Waals surface area (Å²) in [6.07, 6.45) is 1.10. The molecule has 4 rings (SSSR count). The van der Waals surface area contributed by atoms with Gasteiger partial charge in [-0.15, -0.1) is 0 Å². The summed E-state index contributed by atoms with van der Waals surface area (Å²) in [6.45, 7) is 2.98. The summed E-state index contributed by atoms with van der Waals surface area (Å²) in [4.78, 5) is 46.1. The van der Waals surface area contributed by atoms with E-state index in [1.807, 2.05) is 17.1 Å². The number of anilines is 2. The number of aromatic amines is 2. The Morgan fingerprint density at radius 1 is 1.27 bits per heavy atom. The van der Waals surface area contributed by atoms with Crippen LogP contribution < -0.4 is 21.5 Å². The lowest BCUT2D eigenvalue weighted by atomic mass is 10.2. The maximum absolute atomic E-state index is 12.2. The van der Waals surface area contributed by atoms with Crippen LogP contribution in [-0.4, -0.2) is 47.2 Å². The minimum absolute atomic E-state index is 0.164. The maximum Gasteiger partial charge on any atom is 0.325 e. The second-order valence-electron chi connectivity index (χ2n) is 5.72. The first kappa shape index (κ1) is 16.5. The molecule has 1 saturated heterocycles. The van der Waals surface area contributed by atoms with Gasteiger partial charge in [-0.05, 0) is 18.2 Å². The monoisotopic (exact) mass is 373 g/mol. The molecule has 3 heterocycles. The SMILES string of the molecule is O=C(Nc1ccc2nc(N3CCOCC3)sc2c1)c1c[nH]c(=O)[nH]c1=O. The van der Waals surface area contributed by atoms with Gasteiger partial charge in [0.2, 0.25) is 0 Å². The number of carbonyl (C=O) groups is 1. The highest BCUT2D eigenvalue weighted by Crippen LogP contribution is 2.31. The molecule has 9 nitrogen and oxygen atoms in total. The summed E-state index contributed by atoms with van der Waals surface area (Å²) in [6, 6.07) is 5.36. The minimum Gasteiger partial charge on any atom is -0.378 e. The highest BCUT2D eigenvalue weighted by atomic mass is 32.1. The van der Waals surface area contributed by atoms with Gasteiger partial charge >= 0.3 is 5.69 Å². The van der Waals surface area contributed by atoms with Gasteiger partial charge in [0, 0.05) is 25.0 Å².